The van der Waals surface area contributed by atoms with Crippen molar-refractivity contribution in [3.8, 4) is 0 Å². The number of rotatable bonds is 8. The Hall–Kier alpha value is -2.52. The molecule has 292 valence electrons. The summed E-state index contributed by atoms with van der Waals surface area (Å²) in [5, 5.41) is 12.9. The van der Waals surface area contributed by atoms with Crippen molar-refractivity contribution < 1.29 is 27.5 Å². The number of fused-ring (bicyclic) bond motifs is 7. The lowest BCUT2D eigenvalue weighted by Crippen LogP contribution is -2.68. The number of halogens is 1. The summed E-state index contributed by atoms with van der Waals surface area (Å²) < 4.78 is 41.0. The molecule has 1 heterocycles. The van der Waals surface area contributed by atoms with Crippen molar-refractivity contribution >= 4 is 27.3 Å². The average Bonchev–Trinajstić information content (AvgIpc) is 3.51. The monoisotopic (exact) mass is 750 g/mol. The third-order valence-electron chi connectivity index (χ3n) is 17.0. The van der Waals surface area contributed by atoms with Gasteiger partial charge in [0.2, 0.25) is 5.91 Å². The van der Waals surface area contributed by atoms with Crippen LogP contribution in [-0.4, -0.2) is 74.2 Å². The van der Waals surface area contributed by atoms with E-state index < -0.39 is 32.8 Å². The molecule has 2 N–H and O–H groups in total. The second-order valence-corrected chi connectivity index (χ2v) is 21.7. The number of hydrogen-bond donors (Lipinski definition) is 2. The number of carboxylic acid groups (broad SMARTS) is 1. The molecule has 5 aliphatic carbocycles. The van der Waals surface area contributed by atoms with Gasteiger partial charge in [0.1, 0.15) is 6.17 Å². The molecular weight excluding hydrogens is 688 g/mol. The van der Waals surface area contributed by atoms with Gasteiger partial charge in [-0.25, -0.2) is 17.6 Å². The number of alkyl halides is 1. The van der Waals surface area contributed by atoms with E-state index >= 15 is 4.39 Å². The molecule has 0 bridgehead atoms. The minimum Gasteiger partial charge on any atom is -0.478 e. The van der Waals surface area contributed by atoms with E-state index in [1.54, 1.807) is 12.1 Å². The van der Waals surface area contributed by atoms with Gasteiger partial charge >= 0.3 is 5.97 Å². The summed E-state index contributed by atoms with van der Waals surface area (Å²) >= 11 is 0. The van der Waals surface area contributed by atoms with Crippen molar-refractivity contribution in [3.05, 3.63) is 53.6 Å². The van der Waals surface area contributed by atoms with Gasteiger partial charge in [0.15, 0.2) is 9.84 Å². The number of sulfone groups is 1. The number of carboxylic acids is 1. The van der Waals surface area contributed by atoms with Crippen LogP contribution >= 0.6 is 0 Å². The van der Waals surface area contributed by atoms with Crippen molar-refractivity contribution in [2.75, 3.05) is 37.7 Å². The van der Waals surface area contributed by atoms with Crippen molar-refractivity contribution in [2.24, 2.45) is 56.7 Å². The Morgan fingerprint density at radius 1 is 0.925 bits per heavy atom. The van der Waals surface area contributed by atoms with E-state index in [9.17, 15) is 23.1 Å². The molecule has 10 atom stereocenters. The van der Waals surface area contributed by atoms with Crippen LogP contribution in [0.3, 0.4) is 0 Å². The number of carbonyl (C=O) groups is 2. The van der Waals surface area contributed by atoms with Crippen LogP contribution in [0.1, 0.15) is 115 Å². The highest BCUT2D eigenvalue weighted by atomic mass is 32.2. The van der Waals surface area contributed by atoms with Crippen LogP contribution in [0.5, 0.6) is 0 Å². The molecule has 5 fully saturated rings. The molecule has 53 heavy (non-hydrogen) atoms. The lowest BCUT2D eigenvalue weighted by atomic mass is 9.32. The number of aromatic carboxylic acids is 1. The predicted octanol–water partition coefficient (Wildman–Crippen LogP) is 8.22. The summed E-state index contributed by atoms with van der Waals surface area (Å²) in [5.74, 6) is 0.898. The molecule has 0 spiro atoms. The zero-order valence-corrected chi connectivity index (χ0v) is 33.8. The van der Waals surface area contributed by atoms with Crippen LogP contribution < -0.4 is 5.32 Å². The Morgan fingerprint density at radius 3 is 2.25 bits per heavy atom. The van der Waals surface area contributed by atoms with Crippen molar-refractivity contribution in [3.63, 3.8) is 0 Å². The lowest BCUT2D eigenvalue weighted by molar-refractivity contribution is -0.234. The van der Waals surface area contributed by atoms with Crippen LogP contribution in [0.25, 0.3) is 5.57 Å². The molecular formula is C44H63FN2O5S. The molecule has 1 amide bonds. The number of amides is 1. The second-order valence-electron chi connectivity index (χ2n) is 19.4. The molecule has 0 aromatic heterocycles. The molecule has 9 heteroatoms. The first kappa shape index (κ1) is 38.7. The number of nitrogens with zero attached hydrogens (tertiary/aromatic N) is 1. The quantitative estimate of drug-likeness (QED) is 0.205. The summed E-state index contributed by atoms with van der Waals surface area (Å²) in [5.41, 5.74) is 1.96. The zero-order chi connectivity index (χ0) is 38.4. The fourth-order valence-electron chi connectivity index (χ4n) is 14.0. The van der Waals surface area contributed by atoms with E-state index in [-0.39, 0.29) is 57.0 Å². The van der Waals surface area contributed by atoms with Crippen LogP contribution in [0, 0.1) is 56.7 Å². The van der Waals surface area contributed by atoms with Gasteiger partial charge in [0, 0.05) is 25.0 Å². The highest BCUT2D eigenvalue weighted by Crippen LogP contribution is 2.78. The number of nitrogens with one attached hydrogen (secondary N) is 1. The van der Waals surface area contributed by atoms with Gasteiger partial charge < -0.3 is 15.3 Å². The van der Waals surface area contributed by atoms with E-state index in [1.165, 1.54) is 5.57 Å². The molecule has 7 rings (SSSR count). The second kappa shape index (κ2) is 13.3. The van der Waals surface area contributed by atoms with Gasteiger partial charge in [-0.05, 0) is 146 Å². The van der Waals surface area contributed by atoms with Gasteiger partial charge in [-0.2, -0.15) is 0 Å². The third kappa shape index (κ3) is 5.90. The molecule has 4 saturated carbocycles. The molecule has 0 unspecified atom stereocenters. The first-order chi connectivity index (χ1) is 24.8. The number of benzene rings is 1. The molecule has 1 aliphatic heterocycles. The van der Waals surface area contributed by atoms with Gasteiger partial charge in [0.05, 0.1) is 22.5 Å². The molecule has 7 nitrogen and oxygen atoms in total. The van der Waals surface area contributed by atoms with Crippen molar-refractivity contribution in [1.29, 1.82) is 0 Å². The topological polar surface area (TPSA) is 104 Å². The third-order valence-corrected chi connectivity index (χ3v) is 18.6. The summed E-state index contributed by atoms with van der Waals surface area (Å²) in [6, 6.07) is 6.95. The normalized spacial score (nSPS) is 41.5. The van der Waals surface area contributed by atoms with Crippen LogP contribution in [-0.2, 0) is 14.6 Å². The highest BCUT2D eigenvalue weighted by molar-refractivity contribution is 7.91. The van der Waals surface area contributed by atoms with Crippen LogP contribution in [0.2, 0.25) is 0 Å². The smallest absolute Gasteiger partial charge is 0.335 e. The van der Waals surface area contributed by atoms with Crippen LogP contribution in [0.15, 0.2) is 42.5 Å². The maximum atomic E-state index is 17.3. The fourth-order valence-corrected chi connectivity index (χ4v) is 15.3. The summed E-state index contributed by atoms with van der Waals surface area (Å²) in [7, 11) is -2.91. The molecule has 1 saturated heterocycles. The summed E-state index contributed by atoms with van der Waals surface area (Å²) in [6.07, 6.45) is 9.21. The van der Waals surface area contributed by atoms with Gasteiger partial charge in [-0.1, -0.05) is 58.9 Å². The predicted molar refractivity (Wildman–Crippen MR) is 209 cm³/mol. The Kier molecular flexibility index (Phi) is 9.73. The van der Waals surface area contributed by atoms with Gasteiger partial charge in [0.25, 0.3) is 0 Å². The maximum absolute atomic E-state index is 17.3. The SMILES string of the molecule is C=C(C)[C@@H]1CC[C@]2(C(=O)NCCCN3CCS(=O)(=O)CC3)CC[C@]3(C)[C@H](CC[C@@H]4[C@@]5(C)[C@H](F)C=C(c6ccc(C(=O)O)cc6)C(C)(C)[C@@H]5CC[C@]43C)[C@@H]12. The van der Waals surface area contributed by atoms with E-state index in [2.05, 4.69) is 58.3 Å². The van der Waals surface area contributed by atoms with E-state index in [1.807, 2.05) is 18.2 Å². The van der Waals surface area contributed by atoms with Gasteiger partial charge in [-0.15, -0.1) is 0 Å². The number of hydrogen-bond acceptors (Lipinski definition) is 5. The molecule has 0 radical (unpaired) electrons. The molecule has 1 aromatic carbocycles. The largest absolute Gasteiger partial charge is 0.478 e. The fraction of sp³-hybridized carbons (Fsp3) is 0.727. The number of carbonyl (C=O) groups excluding carboxylic acids is 1. The average molecular weight is 751 g/mol. The summed E-state index contributed by atoms with van der Waals surface area (Å²) in [6.45, 7) is 21.0. The standard InChI is InChI=1S/C44H63FN2O5S/c1-28(2)31-15-18-44(39(50)46-21-8-22-47-23-25-53(51,52)26-24-47)20-19-41(5)32(37(31)44)13-14-35-42(41,6)17-16-34-40(3,4)33(27-36(45)43(34,35)7)29-9-11-30(12-10-29)38(48)49/h9-12,27,31-32,34-37H,1,8,13-26H2,2-7H3,(H,46,50)(H,48,49)/t31-,32+,34-,35-,36+,37+,41+,42+,43-,44-/m0/s1. The maximum Gasteiger partial charge on any atom is 0.335 e. The Labute approximate surface area is 317 Å². The van der Waals surface area contributed by atoms with E-state index in [4.69, 9.17) is 0 Å². The van der Waals surface area contributed by atoms with Crippen molar-refractivity contribution in [2.45, 2.75) is 106 Å². The Bertz CT molecular complexity index is 1780. The Balaban J connectivity index is 1.13. The first-order valence-electron chi connectivity index (χ1n) is 20.4. The first-order valence-corrected chi connectivity index (χ1v) is 22.2. The van der Waals surface area contributed by atoms with Crippen molar-refractivity contribution in [1.82, 2.24) is 10.2 Å². The van der Waals surface area contributed by atoms with Crippen LogP contribution in [0.4, 0.5) is 4.39 Å². The minimum atomic E-state index is -2.91. The van der Waals surface area contributed by atoms with E-state index in [0.29, 0.717) is 31.5 Å². The minimum absolute atomic E-state index is 0.0362. The van der Waals surface area contributed by atoms with Gasteiger partial charge in [-0.3, -0.25) is 4.79 Å². The van der Waals surface area contributed by atoms with E-state index in [0.717, 1.165) is 75.5 Å². The molecule has 1 aromatic rings. The zero-order valence-electron chi connectivity index (χ0n) is 33.0. The Morgan fingerprint density at radius 2 is 1.60 bits per heavy atom. The highest BCUT2D eigenvalue weighted by Gasteiger charge is 2.72. The lowest BCUT2D eigenvalue weighted by Gasteiger charge is -2.72. The number of allylic oxidation sites excluding steroid dienone is 3. The summed E-state index contributed by atoms with van der Waals surface area (Å²) in [4.78, 5) is 28.2. The molecule has 6 aliphatic rings.